The van der Waals surface area contributed by atoms with E-state index in [0.29, 0.717) is 21.6 Å². The molecule has 0 saturated heterocycles. The molecule has 1 amide bonds. The summed E-state index contributed by atoms with van der Waals surface area (Å²) in [6, 6.07) is 20.9. The summed E-state index contributed by atoms with van der Waals surface area (Å²) in [5, 5.41) is 21.5. The zero-order valence-electron chi connectivity index (χ0n) is 17.4. The quantitative estimate of drug-likeness (QED) is 0.196. The maximum Gasteiger partial charge on any atom is 0.293 e. The van der Waals surface area contributed by atoms with Crippen LogP contribution >= 0.6 is 23.4 Å². The Hall–Kier alpha value is -3.69. The first-order valence-corrected chi connectivity index (χ1v) is 11.1. The summed E-state index contributed by atoms with van der Waals surface area (Å²) in [5.41, 5.74) is 2.21. The van der Waals surface area contributed by atoms with E-state index in [2.05, 4.69) is 20.5 Å². The van der Waals surface area contributed by atoms with Crippen molar-refractivity contribution in [2.45, 2.75) is 17.3 Å². The molecular formula is C23H18ClN5O3S. The fourth-order valence-corrected chi connectivity index (χ4v) is 4.18. The smallest absolute Gasteiger partial charge is 0.293 e. The van der Waals surface area contributed by atoms with Crippen LogP contribution in [0.2, 0.25) is 5.02 Å². The van der Waals surface area contributed by atoms with Gasteiger partial charge in [-0.1, -0.05) is 59.8 Å². The van der Waals surface area contributed by atoms with Gasteiger partial charge in [-0.3, -0.25) is 20.0 Å². The van der Waals surface area contributed by atoms with Crippen molar-refractivity contribution in [2.24, 2.45) is 0 Å². The van der Waals surface area contributed by atoms with Crippen molar-refractivity contribution in [3.05, 3.63) is 99.1 Å². The van der Waals surface area contributed by atoms with E-state index < -0.39 is 16.1 Å². The molecule has 33 heavy (non-hydrogen) atoms. The summed E-state index contributed by atoms with van der Waals surface area (Å²) in [7, 11) is 0. The topological polar surface area (TPSA) is 114 Å². The van der Waals surface area contributed by atoms with Crippen LogP contribution < -0.4 is 5.32 Å². The fourth-order valence-electron chi connectivity index (χ4n) is 3.14. The normalized spacial score (nSPS) is 11.7. The van der Waals surface area contributed by atoms with Crippen LogP contribution in [0, 0.1) is 17.0 Å². The van der Waals surface area contributed by atoms with Gasteiger partial charge in [0.05, 0.1) is 4.92 Å². The standard InChI is InChI=1S/C23H18ClN5O3S/c1-14-7-12-18(19(13-14)29(31)32)25-22(30)20(15-5-3-2-4-6-15)33-23-26-21(27-28-23)16-8-10-17(24)11-9-16/h2-13,20H,1H3,(H,25,30)(H,26,27,28). The number of amides is 1. The van der Waals surface area contributed by atoms with Crippen LogP contribution in [0.25, 0.3) is 11.4 Å². The molecule has 1 heterocycles. The van der Waals surface area contributed by atoms with Crippen LogP contribution in [0.15, 0.2) is 78.0 Å². The number of anilines is 1. The number of aryl methyl sites for hydroxylation is 1. The van der Waals surface area contributed by atoms with E-state index in [1.807, 2.05) is 42.5 Å². The summed E-state index contributed by atoms with van der Waals surface area (Å²) in [4.78, 5) is 28.7. The molecule has 4 rings (SSSR count). The van der Waals surface area contributed by atoms with Gasteiger partial charge < -0.3 is 5.32 Å². The third kappa shape index (κ3) is 5.39. The van der Waals surface area contributed by atoms with Crippen molar-refractivity contribution in [1.29, 1.82) is 0 Å². The second-order valence-electron chi connectivity index (χ2n) is 7.15. The van der Waals surface area contributed by atoms with Gasteiger partial charge in [-0.05, 0) is 48.4 Å². The Morgan fingerprint density at radius 2 is 1.85 bits per heavy atom. The zero-order chi connectivity index (χ0) is 23.4. The molecule has 0 bridgehead atoms. The number of H-pyrrole nitrogens is 1. The summed E-state index contributed by atoms with van der Waals surface area (Å²) < 4.78 is 0. The van der Waals surface area contributed by atoms with Gasteiger partial charge in [0.1, 0.15) is 10.9 Å². The molecule has 0 saturated carbocycles. The van der Waals surface area contributed by atoms with Crippen LogP contribution in [-0.2, 0) is 4.79 Å². The van der Waals surface area contributed by atoms with Gasteiger partial charge in [-0.2, -0.15) is 0 Å². The molecule has 3 aromatic carbocycles. The number of nitrogens with zero attached hydrogens (tertiary/aromatic N) is 3. The van der Waals surface area contributed by atoms with E-state index in [-0.39, 0.29) is 11.4 Å². The molecule has 8 nitrogen and oxygen atoms in total. The molecule has 166 valence electrons. The van der Waals surface area contributed by atoms with Crippen molar-refractivity contribution in [1.82, 2.24) is 15.2 Å². The predicted molar refractivity (Wildman–Crippen MR) is 128 cm³/mol. The Labute approximate surface area is 198 Å². The van der Waals surface area contributed by atoms with Gasteiger partial charge in [0.2, 0.25) is 11.1 Å². The number of aromatic nitrogens is 3. The van der Waals surface area contributed by atoms with E-state index in [1.165, 1.54) is 12.1 Å². The highest BCUT2D eigenvalue weighted by atomic mass is 35.5. The minimum absolute atomic E-state index is 0.133. The van der Waals surface area contributed by atoms with Gasteiger partial charge in [0, 0.05) is 16.7 Å². The molecule has 1 atom stereocenters. The first kappa shape index (κ1) is 22.5. The number of nitro groups is 1. The van der Waals surface area contributed by atoms with Crippen LogP contribution in [0.1, 0.15) is 16.4 Å². The van der Waals surface area contributed by atoms with Gasteiger partial charge in [0.15, 0.2) is 5.82 Å². The highest BCUT2D eigenvalue weighted by molar-refractivity contribution is 8.00. The first-order valence-electron chi connectivity index (χ1n) is 9.86. The van der Waals surface area contributed by atoms with Crippen molar-refractivity contribution in [3.63, 3.8) is 0 Å². The number of hydrogen-bond acceptors (Lipinski definition) is 6. The minimum atomic E-state index is -0.735. The Morgan fingerprint density at radius 3 is 2.55 bits per heavy atom. The molecular weight excluding hydrogens is 462 g/mol. The molecule has 0 spiro atoms. The fraction of sp³-hybridized carbons (Fsp3) is 0.0870. The van der Waals surface area contributed by atoms with Gasteiger partial charge in [0.25, 0.3) is 5.69 Å². The Kier molecular flexibility index (Phi) is 6.71. The lowest BCUT2D eigenvalue weighted by Gasteiger charge is -2.15. The molecule has 4 aromatic rings. The van der Waals surface area contributed by atoms with E-state index in [0.717, 1.165) is 22.9 Å². The summed E-state index contributed by atoms with van der Waals surface area (Å²) in [5.74, 6) is 0.117. The largest absolute Gasteiger partial charge is 0.319 e. The Balaban J connectivity index is 1.61. The number of nitrogens with one attached hydrogen (secondary N) is 2. The minimum Gasteiger partial charge on any atom is -0.319 e. The number of hydrogen-bond donors (Lipinski definition) is 2. The third-order valence-electron chi connectivity index (χ3n) is 4.75. The maximum absolute atomic E-state index is 13.3. The lowest BCUT2D eigenvalue weighted by molar-refractivity contribution is -0.384. The zero-order valence-corrected chi connectivity index (χ0v) is 18.9. The SMILES string of the molecule is Cc1ccc(NC(=O)C(Sc2n[nH]c(-c3ccc(Cl)cc3)n2)c2ccccc2)c([N+](=O)[O-])c1. The molecule has 0 aliphatic rings. The molecule has 1 aromatic heterocycles. The molecule has 0 fully saturated rings. The van der Waals surface area contributed by atoms with Crippen LogP contribution in [0.3, 0.4) is 0 Å². The molecule has 0 aliphatic carbocycles. The molecule has 2 N–H and O–H groups in total. The number of carbonyl (C=O) groups excluding carboxylic acids is 1. The van der Waals surface area contributed by atoms with E-state index in [4.69, 9.17) is 11.6 Å². The Bertz CT molecular complexity index is 1300. The van der Waals surface area contributed by atoms with Crippen molar-refractivity contribution in [3.8, 4) is 11.4 Å². The number of halogens is 1. The first-order chi connectivity index (χ1) is 15.9. The highest BCUT2D eigenvalue weighted by Crippen LogP contribution is 2.36. The number of carbonyl (C=O) groups is 1. The average molecular weight is 480 g/mol. The van der Waals surface area contributed by atoms with Gasteiger partial charge in [-0.15, -0.1) is 5.10 Å². The average Bonchev–Trinajstić information content (AvgIpc) is 3.28. The summed E-state index contributed by atoms with van der Waals surface area (Å²) in [6.45, 7) is 1.75. The van der Waals surface area contributed by atoms with Gasteiger partial charge in [-0.25, -0.2) is 4.98 Å². The monoisotopic (exact) mass is 479 g/mol. The van der Waals surface area contributed by atoms with Crippen molar-refractivity contribution in [2.75, 3.05) is 5.32 Å². The molecule has 0 aliphatic heterocycles. The molecule has 10 heteroatoms. The second kappa shape index (κ2) is 9.85. The lowest BCUT2D eigenvalue weighted by atomic mass is 10.1. The lowest BCUT2D eigenvalue weighted by Crippen LogP contribution is -2.20. The van der Waals surface area contributed by atoms with E-state index >= 15 is 0 Å². The molecule has 1 unspecified atom stereocenters. The number of rotatable bonds is 7. The van der Waals surface area contributed by atoms with Crippen LogP contribution in [0.4, 0.5) is 11.4 Å². The highest BCUT2D eigenvalue weighted by Gasteiger charge is 2.26. The Morgan fingerprint density at radius 1 is 1.12 bits per heavy atom. The maximum atomic E-state index is 13.3. The molecule has 0 radical (unpaired) electrons. The van der Waals surface area contributed by atoms with Crippen molar-refractivity contribution >= 4 is 40.6 Å². The van der Waals surface area contributed by atoms with Crippen molar-refractivity contribution < 1.29 is 9.72 Å². The van der Waals surface area contributed by atoms with E-state index in [1.54, 1.807) is 25.1 Å². The number of nitro benzene ring substituents is 1. The number of thioether (sulfide) groups is 1. The van der Waals surface area contributed by atoms with E-state index in [9.17, 15) is 14.9 Å². The number of aromatic amines is 1. The third-order valence-corrected chi connectivity index (χ3v) is 6.12. The summed E-state index contributed by atoms with van der Waals surface area (Å²) >= 11 is 7.09. The van der Waals surface area contributed by atoms with Gasteiger partial charge >= 0.3 is 0 Å². The predicted octanol–water partition coefficient (Wildman–Crippen LogP) is 5.81. The second-order valence-corrected chi connectivity index (χ2v) is 8.66. The summed E-state index contributed by atoms with van der Waals surface area (Å²) in [6.07, 6.45) is 0. The number of benzene rings is 3. The van der Waals surface area contributed by atoms with Crippen LogP contribution in [0.5, 0.6) is 0 Å². The van der Waals surface area contributed by atoms with Crippen LogP contribution in [-0.4, -0.2) is 26.0 Å².